The van der Waals surface area contributed by atoms with Crippen molar-refractivity contribution in [2.45, 2.75) is 66.7 Å². The van der Waals surface area contributed by atoms with Crippen LogP contribution in [0, 0.1) is 20.8 Å². The van der Waals surface area contributed by atoms with Crippen molar-refractivity contribution in [3.8, 4) is 5.75 Å². The van der Waals surface area contributed by atoms with Crippen molar-refractivity contribution in [1.29, 1.82) is 0 Å². The summed E-state index contributed by atoms with van der Waals surface area (Å²) in [6.45, 7) is 11.5. The second-order valence-corrected chi connectivity index (χ2v) is 14.0. The Balaban J connectivity index is 0.000000352. The van der Waals surface area contributed by atoms with Crippen molar-refractivity contribution < 1.29 is 27.2 Å². The van der Waals surface area contributed by atoms with Crippen LogP contribution in [-0.2, 0) is 30.5 Å². The highest BCUT2D eigenvalue weighted by Gasteiger charge is 2.28. The molecule has 4 rings (SSSR count). The van der Waals surface area contributed by atoms with Gasteiger partial charge in [0.25, 0.3) is 0 Å². The van der Waals surface area contributed by atoms with E-state index in [0.29, 0.717) is 5.75 Å². The van der Waals surface area contributed by atoms with E-state index in [2.05, 4.69) is 74.5 Å². The van der Waals surface area contributed by atoms with Crippen LogP contribution < -0.4 is 4.74 Å². The maximum Gasteiger partial charge on any atom is 0.344 e. The Bertz CT molecular complexity index is 1470. The molecule has 4 aromatic rings. The number of carbonyl (C=O) groups excluding carboxylic acids is 1. The third-order valence-corrected chi connectivity index (χ3v) is 8.74. The van der Waals surface area contributed by atoms with E-state index in [1.165, 1.54) is 37.9 Å². The second-order valence-electron chi connectivity index (χ2n) is 10.5. The predicted octanol–water partition coefficient (Wildman–Crippen LogP) is 7.02. The smallest absolute Gasteiger partial charge is 0.344 e. The quantitative estimate of drug-likeness (QED) is 0.130. The molecule has 0 spiro atoms. The summed E-state index contributed by atoms with van der Waals surface area (Å²) in [6.07, 6.45) is 0. The Hall–Kier alpha value is -3.59. The molecule has 0 bridgehead atoms. The monoisotopic (exact) mass is 592 g/mol. The van der Waals surface area contributed by atoms with Gasteiger partial charge in [-0.15, -0.1) is 0 Å². The van der Waals surface area contributed by atoms with Crippen molar-refractivity contribution in [2.75, 3.05) is 6.61 Å². The van der Waals surface area contributed by atoms with Gasteiger partial charge in [0.15, 0.2) is 21.3 Å². The fraction of sp³-hybridized carbons (Fsp3) is 0.242. The van der Waals surface area contributed by atoms with Gasteiger partial charge in [0.2, 0.25) is 0 Å². The molecule has 0 amide bonds. The molecule has 0 radical (unpaired) electrons. The number of ether oxygens (including phenoxy) is 2. The highest BCUT2D eigenvalue weighted by atomic mass is 32.2. The van der Waals surface area contributed by atoms with Crippen LogP contribution in [0.4, 0.5) is 0 Å². The number of carbonyl (C=O) groups is 1. The minimum absolute atomic E-state index is 0.0990. The van der Waals surface area contributed by atoms with E-state index in [9.17, 15) is 17.8 Å². The summed E-state index contributed by atoms with van der Waals surface area (Å²) >= 11 is 0. The minimum atomic E-state index is -4.27. The van der Waals surface area contributed by atoms with Crippen molar-refractivity contribution in [1.82, 2.24) is 0 Å². The molecule has 0 aliphatic carbocycles. The Labute approximate surface area is 246 Å². The van der Waals surface area contributed by atoms with Crippen LogP contribution in [0.3, 0.4) is 0 Å². The van der Waals surface area contributed by atoms with E-state index in [1.807, 2.05) is 39.8 Å². The summed E-state index contributed by atoms with van der Waals surface area (Å²) in [5.74, 6) is 0.284. The van der Waals surface area contributed by atoms with Crippen LogP contribution in [-0.4, -0.2) is 31.1 Å². The molecule has 8 heteroatoms. The van der Waals surface area contributed by atoms with Crippen molar-refractivity contribution in [2.24, 2.45) is 0 Å². The standard InChI is InChI=1S/C26H29O3S.C7H8O3S/c1-19-6-12-22(13-7-19)30(23-14-8-20(2)9-15-23)24-16-10-21(11-17-24)28-18-25(27)29-26(3,4)5;1-6-2-4-7(5-3-6)11(8,9)10/h6-17H,18H2,1-5H3;2-5H,1H3,(H,8,9,10)/q+1;/p-1. The maximum absolute atomic E-state index is 11.9. The Morgan fingerprint density at radius 1 is 0.683 bits per heavy atom. The lowest BCUT2D eigenvalue weighted by Gasteiger charge is -2.19. The molecule has 0 aliphatic heterocycles. The Morgan fingerprint density at radius 2 is 1.05 bits per heavy atom. The van der Waals surface area contributed by atoms with Gasteiger partial charge in [-0.3, -0.25) is 0 Å². The Morgan fingerprint density at radius 3 is 1.41 bits per heavy atom. The average molecular weight is 593 g/mol. The lowest BCUT2D eigenvalue weighted by Crippen LogP contribution is -2.27. The molecule has 0 saturated carbocycles. The molecule has 216 valence electrons. The van der Waals surface area contributed by atoms with Gasteiger partial charge in [-0.25, -0.2) is 13.2 Å². The fourth-order valence-electron chi connectivity index (χ4n) is 3.65. The summed E-state index contributed by atoms with van der Waals surface area (Å²) in [5.41, 5.74) is 2.91. The molecule has 0 unspecified atom stereocenters. The van der Waals surface area contributed by atoms with Crippen LogP contribution in [0.15, 0.2) is 117 Å². The predicted molar refractivity (Wildman–Crippen MR) is 161 cm³/mol. The zero-order chi connectivity index (χ0) is 30.2. The van der Waals surface area contributed by atoms with E-state index in [4.69, 9.17) is 9.47 Å². The number of rotatable bonds is 7. The highest BCUT2D eigenvalue weighted by Crippen LogP contribution is 2.32. The summed E-state index contributed by atoms with van der Waals surface area (Å²) < 4.78 is 42.1. The van der Waals surface area contributed by atoms with Gasteiger partial charge in [0.05, 0.1) is 15.8 Å². The average Bonchev–Trinajstić information content (AvgIpc) is 2.90. The van der Waals surface area contributed by atoms with E-state index in [-0.39, 0.29) is 28.4 Å². The highest BCUT2D eigenvalue weighted by molar-refractivity contribution is 7.97. The molecule has 0 saturated heterocycles. The first-order valence-electron chi connectivity index (χ1n) is 13.1. The van der Waals surface area contributed by atoms with E-state index in [1.54, 1.807) is 12.1 Å². The van der Waals surface area contributed by atoms with Crippen molar-refractivity contribution >= 4 is 27.0 Å². The maximum atomic E-state index is 11.9. The van der Waals surface area contributed by atoms with Gasteiger partial charge >= 0.3 is 5.97 Å². The van der Waals surface area contributed by atoms with Crippen LogP contribution in [0.2, 0.25) is 0 Å². The molecule has 0 aromatic heterocycles. The normalized spacial score (nSPS) is 11.4. The lowest BCUT2D eigenvalue weighted by atomic mass is 10.2. The zero-order valence-electron chi connectivity index (χ0n) is 24.2. The molecule has 6 nitrogen and oxygen atoms in total. The third-order valence-electron chi connectivity index (χ3n) is 5.66. The van der Waals surface area contributed by atoms with Crippen molar-refractivity contribution in [3.63, 3.8) is 0 Å². The topological polar surface area (TPSA) is 92.7 Å². The lowest BCUT2D eigenvalue weighted by molar-refractivity contribution is -0.157. The number of benzene rings is 4. The molecule has 0 aliphatic rings. The van der Waals surface area contributed by atoms with Crippen LogP contribution in [0.1, 0.15) is 37.5 Å². The summed E-state index contributed by atoms with van der Waals surface area (Å²) in [4.78, 5) is 15.5. The first kappa shape index (κ1) is 31.9. The summed E-state index contributed by atoms with van der Waals surface area (Å²) in [7, 11) is -4.48. The van der Waals surface area contributed by atoms with Gasteiger partial charge in [0.1, 0.15) is 21.5 Å². The molecule has 0 N–H and O–H groups in total. The largest absolute Gasteiger partial charge is 0.744 e. The van der Waals surface area contributed by atoms with Crippen molar-refractivity contribution in [3.05, 3.63) is 114 Å². The molecule has 41 heavy (non-hydrogen) atoms. The summed E-state index contributed by atoms with van der Waals surface area (Å²) in [5, 5.41) is 0. The van der Waals surface area contributed by atoms with Gasteiger partial charge in [-0.2, -0.15) is 0 Å². The molecule has 0 heterocycles. The zero-order valence-corrected chi connectivity index (χ0v) is 25.8. The van der Waals surface area contributed by atoms with Crippen LogP contribution in [0.25, 0.3) is 0 Å². The molecule has 0 fully saturated rings. The number of hydrogen-bond donors (Lipinski definition) is 0. The minimum Gasteiger partial charge on any atom is -0.744 e. The van der Waals surface area contributed by atoms with Gasteiger partial charge in [0, 0.05) is 0 Å². The van der Waals surface area contributed by atoms with E-state index < -0.39 is 15.7 Å². The van der Waals surface area contributed by atoms with Crippen LogP contribution >= 0.6 is 0 Å². The third kappa shape index (κ3) is 10.4. The molecular weight excluding hydrogens is 556 g/mol. The second kappa shape index (κ2) is 13.9. The SMILES string of the molecule is Cc1ccc(S(=O)(=O)[O-])cc1.Cc1ccc([S+](c2ccc(C)cc2)c2ccc(OCC(=O)OC(C)(C)C)cc2)cc1. The van der Waals surface area contributed by atoms with Gasteiger partial charge in [-0.05, 0) is 102 Å². The van der Waals surface area contributed by atoms with E-state index in [0.717, 1.165) is 5.56 Å². The Kier molecular flexibility index (Phi) is 10.8. The molecule has 0 atom stereocenters. The molecular formula is C33H36O6S2. The summed E-state index contributed by atoms with van der Waals surface area (Å²) in [6, 6.07) is 31.2. The van der Waals surface area contributed by atoms with Gasteiger partial charge < -0.3 is 14.0 Å². The molecule has 4 aromatic carbocycles. The first-order valence-corrected chi connectivity index (χ1v) is 15.7. The van der Waals surface area contributed by atoms with Gasteiger partial charge in [-0.1, -0.05) is 53.1 Å². The number of esters is 1. The first-order chi connectivity index (χ1) is 19.2. The van der Waals surface area contributed by atoms with Crippen LogP contribution in [0.5, 0.6) is 5.75 Å². The fourth-order valence-corrected chi connectivity index (χ4v) is 6.16. The van der Waals surface area contributed by atoms with E-state index >= 15 is 0 Å². The number of hydrogen-bond acceptors (Lipinski definition) is 6. The number of aryl methyl sites for hydroxylation is 3.